The van der Waals surface area contributed by atoms with Crippen molar-refractivity contribution in [2.45, 2.75) is 37.5 Å². The average Bonchev–Trinajstić information content (AvgIpc) is 2.76. The molecule has 6 atom stereocenters. The van der Waals surface area contributed by atoms with Crippen molar-refractivity contribution >= 4 is 35.6 Å². The molecule has 1 fully saturated rings. The number of hydrogen-bond acceptors (Lipinski definition) is 10. The SMILES string of the molecule is CCO.C[C@H]1c2cccc(O)c2C(O)=C2C(=O)[C@]3(O)C(O)=C(C(N)=O)C(=O)C(N(C)C)[C@@H]3[C@@H](O)[C@@H]21.Cl.O. The van der Waals surface area contributed by atoms with Crippen LogP contribution in [0.3, 0.4) is 0 Å². The summed E-state index contributed by atoms with van der Waals surface area (Å²) in [4.78, 5) is 40.0. The maximum atomic E-state index is 13.7. The van der Waals surface area contributed by atoms with Gasteiger partial charge in [0.05, 0.1) is 23.6 Å². The molecule has 3 aliphatic rings. The van der Waals surface area contributed by atoms with Crippen LogP contribution in [0.1, 0.15) is 30.9 Å². The third-order valence-corrected chi connectivity index (χ3v) is 6.99. The van der Waals surface area contributed by atoms with Crippen LogP contribution in [-0.2, 0) is 14.4 Å². The number of carbonyl (C=O) groups is 3. The first kappa shape index (κ1) is 32.0. The van der Waals surface area contributed by atoms with Crippen LogP contribution in [0.25, 0.3) is 5.76 Å². The van der Waals surface area contributed by atoms with Crippen molar-refractivity contribution in [1.82, 2.24) is 4.90 Å². The number of aromatic hydroxyl groups is 1. The number of Topliss-reactive ketones (excluding diaryl/α,β-unsaturated/α-hetero) is 2. The average molecular weight is 545 g/mol. The van der Waals surface area contributed by atoms with E-state index in [-0.39, 0.29) is 35.8 Å². The molecule has 0 heterocycles. The zero-order valence-electron chi connectivity index (χ0n) is 20.7. The van der Waals surface area contributed by atoms with Gasteiger partial charge in [0, 0.05) is 18.1 Å². The largest absolute Gasteiger partial charge is 0.508 e. The number of fused-ring (bicyclic) bond motifs is 3. The Morgan fingerprint density at radius 1 is 1.16 bits per heavy atom. The van der Waals surface area contributed by atoms with Gasteiger partial charge in [-0.3, -0.25) is 19.3 Å². The van der Waals surface area contributed by atoms with Gasteiger partial charge in [-0.1, -0.05) is 19.1 Å². The first-order chi connectivity index (χ1) is 16.3. The number of phenolic OH excluding ortho intramolecular Hbond substituents is 1. The molecule has 13 heteroatoms. The van der Waals surface area contributed by atoms with E-state index in [4.69, 9.17) is 10.8 Å². The highest BCUT2D eigenvalue weighted by Crippen LogP contribution is 2.55. The second-order valence-corrected chi connectivity index (χ2v) is 9.11. The monoisotopic (exact) mass is 544 g/mol. The fraction of sp³-hybridized carbons (Fsp3) is 0.458. The minimum atomic E-state index is -2.89. The molecule has 0 spiro atoms. The molecule has 0 radical (unpaired) electrons. The standard InChI is InChI=1S/C22H24N2O8.C2H6O.ClH.H2O/c1-7-8-5-4-6-9(25)11(8)16(26)12-10(7)17(27)14-15(24(2)3)18(28)13(21(23)31)20(30)22(14,32)19(12)29;1-2-3;;/h4-7,10,14-15,17,25-27,30,32H,1-3H3,(H2,23,31);3H,2H2,1H3;1H;1H2/t7-,10+,14+,15?,17-,22-;;;/m0.../s1. The predicted molar refractivity (Wildman–Crippen MR) is 134 cm³/mol. The third-order valence-electron chi connectivity index (χ3n) is 6.99. The van der Waals surface area contributed by atoms with E-state index in [0.29, 0.717) is 5.56 Å². The Kier molecular flexibility index (Phi) is 9.67. The smallest absolute Gasteiger partial charge is 0.255 e. The number of nitrogens with two attached hydrogens (primary N) is 1. The van der Waals surface area contributed by atoms with Crippen LogP contribution in [0.2, 0.25) is 0 Å². The van der Waals surface area contributed by atoms with Crippen LogP contribution >= 0.6 is 12.4 Å². The number of nitrogens with zero attached hydrogens (tertiary/aromatic N) is 1. The number of halogens is 1. The van der Waals surface area contributed by atoms with Crippen molar-refractivity contribution in [3.05, 3.63) is 46.2 Å². The van der Waals surface area contributed by atoms with Crippen molar-refractivity contribution in [1.29, 1.82) is 0 Å². The van der Waals surface area contributed by atoms with Gasteiger partial charge in [0.1, 0.15) is 22.8 Å². The lowest BCUT2D eigenvalue weighted by Gasteiger charge is -2.53. The number of primary amides is 1. The zero-order chi connectivity index (χ0) is 26.6. The molecule has 1 unspecified atom stereocenters. The minimum Gasteiger partial charge on any atom is -0.508 e. The highest BCUT2D eigenvalue weighted by Gasteiger charge is 2.68. The highest BCUT2D eigenvalue weighted by molar-refractivity contribution is 6.24. The van der Waals surface area contributed by atoms with E-state index in [1.807, 2.05) is 0 Å². The Morgan fingerprint density at radius 2 is 1.70 bits per heavy atom. The number of benzene rings is 1. The van der Waals surface area contributed by atoms with Gasteiger partial charge in [0.2, 0.25) is 5.78 Å². The lowest BCUT2D eigenvalue weighted by Crippen LogP contribution is -2.70. The molecule has 3 aliphatic carbocycles. The second kappa shape index (κ2) is 11.2. The lowest BCUT2D eigenvalue weighted by molar-refractivity contribution is -0.169. The quantitative estimate of drug-likeness (QED) is 0.226. The second-order valence-electron chi connectivity index (χ2n) is 9.11. The number of rotatable bonds is 2. The predicted octanol–water partition coefficient (Wildman–Crippen LogP) is -0.908. The number of phenols is 1. The number of likely N-dealkylation sites (N-methyl/N-ethyl adjacent to an activating group) is 1. The molecule has 4 rings (SSSR count). The summed E-state index contributed by atoms with van der Waals surface area (Å²) < 4.78 is 0. The molecule has 206 valence electrons. The molecule has 1 amide bonds. The van der Waals surface area contributed by atoms with E-state index in [1.165, 1.54) is 25.1 Å². The van der Waals surface area contributed by atoms with Gasteiger partial charge in [0.25, 0.3) is 5.91 Å². The molecular weight excluding hydrogens is 512 g/mol. The topological polar surface area (TPSA) is 233 Å². The van der Waals surface area contributed by atoms with Gasteiger partial charge in [0.15, 0.2) is 11.4 Å². The Morgan fingerprint density at radius 3 is 2.19 bits per heavy atom. The maximum Gasteiger partial charge on any atom is 0.255 e. The number of amides is 1. The molecule has 0 saturated heterocycles. The molecule has 0 aliphatic heterocycles. The Balaban J connectivity index is 0.00000131. The Labute approximate surface area is 219 Å². The first-order valence-electron chi connectivity index (χ1n) is 11.0. The summed E-state index contributed by atoms with van der Waals surface area (Å²) in [6, 6.07) is 3.13. The van der Waals surface area contributed by atoms with Crippen LogP contribution in [0.4, 0.5) is 0 Å². The number of carbonyl (C=O) groups excluding carboxylic acids is 3. The molecule has 10 N–H and O–H groups in total. The van der Waals surface area contributed by atoms with Gasteiger partial charge in [-0.2, -0.15) is 0 Å². The van der Waals surface area contributed by atoms with E-state index in [0.717, 1.165) is 0 Å². The maximum absolute atomic E-state index is 13.7. The Bertz CT molecular complexity index is 1160. The van der Waals surface area contributed by atoms with E-state index in [1.54, 1.807) is 26.0 Å². The van der Waals surface area contributed by atoms with Crippen molar-refractivity contribution in [3.63, 3.8) is 0 Å². The normalized spacial score (nSPS) is 30.2. The van der Waals surface area contributed by atoms with Gasteiger partial charge in [-0.25, -0.2) is 0 Å². The molecule has 12 nitrogen and oxygen atoms in total. The molecule has 0 aromatic heterocycles. The van der Waals surface area contributed by atoms with Crippen LogP contribution in [-0.4, -0.2) is 96.9 Å². The molecule has 1 saturated carbocycles. The molecule has 37 heavy (non-hydrogen) atoms. The zero-order valence-corrected chi connectivity index (χ0v) is 21.5. The number of ketones is 2. The summed E-state index contributed by atoms with van der Waals surface area (Å²) in [5.74, 6) is -8.87. The minimum absolute atomic E-state index is 0. The molecule has 0 bridgehead atoms. The number of aliphatic hydroxyl groups is 5. The van der Waals surface area contributed by atoms with Crippen molar-refractivity contribution in [3.8, 4) is 5.75 Å². The molecule has 1 aromatic carbocycles. The van der Waals surface area contributed by atoms with Crippen LogP contribution in [0, 0.1) is 11.8 Å². The van der Waals surface area contributed by atoms with Crippen molar-refractivity contribution in [2.75, 3.05) is 20.7 Å². The number of hydrogen-bond donors (Lipinski definition) is 7. The molecule has 1 aromatic rings. The third kappa shape index (κ3) is 4.39. The molecular formula is C24H33ClN2O10. The first-order valence-corrected chi connectivity index (χ1v) is 11.0. The van der Waals surface area contributed by atoms with Crippen molar-refractivity contribution in [2.24, 2.45) is 17.6 Å². The summed E-state index contributed by atoms with van der Waals surface area (Å²) in [7, 11) is 2.92. The highest BCUT2D eigenvalue weighted by atomic mass is 35.5. The van der Waals surface area contributed by atoms with E-state index < -0.39 is 75.6 Å². The van der Waals surface area contributed by atoms with Crippen LogP contribution in [0.15, 0.2) is 35.1 Å². The van der Waals surface area contributed by atoms with E-state index in [2.05, 4.69) is 0 Å². The lowest BCUT2D eigenvalue weighted by atomic mass is 9.54. The van der Waals surface area contributed by atoms with Gasteiger partial charge in [-0.15, -0.1) is 12.4 Å². The summed E-state index contributed by atoms with van der Waals surface area (Å²) in [5.41, 5.74) is 1.47. The van der Waals surface area contributed by atoms with Gasteiger partial charge >= 0.3 is 0 Å². The van der Waals surface area contributed by atoms with Gasteiger partial charge < -0.3 is 41.8 Å². The summed E-state index contributed by atoms with van der Waals surface area (Å²) in [6.45, 7) is 3.61. The van der Waals surface area contributed by atoms with E-state index >= 15 is 0 Å². The van der Waals surface area contributed by atoms with Crippen molar-refractivity contribution < 1.29 is 50.5 Å². The fourth-order valence-electron chi connectivity index (χ4n) is 5.58. The number of aliphatic hydroxyl groups excluding tert-OH is 4. The fourth-order valence-corrected chi connectivity index (χ4v) is 5.58. The summed E-state index contributed by atoms with van der Waals surface area (Å²) in [6.07, 6.45) is -1.59. The summed E-state index contributed by atoms with van der Waals surface area (Å²) in [5, 5.41) is 62.5. The van der Waals surface area contributed by atoms with E-state index in [9.17, 15) is 39.9 Å². The summed E-state index contributed by atoms with van der Waals surface area (Å²) >= 11 is 0. The van der Waals surface area contributed by atoms with Crippen LogP contribution in [0.5, 0.6) is 5.75 Å². The Hall–Kier alpha value is -3.00. The van der Waals surface area contributed by atoms with Gasteiger partial charge in [-0.05, 0) is 38.6 Å². The van der Waals surface area contributed by atoms with Crippen LogP contribution < -0.4 is 5.73 Å².